The smallest absolute Gasteiger partial charge is 0.347 e. The number of oxime groups is 1. The third-order valence-electron chi connectivity index (χ3n) is 2.23. The number of allylic oxidation sites excluding steroid dienone is 4. The summed E-state index contributed by atoms with van der Waals surface area (Å²) in [7, 11) is 3.38. The molecule has 5 nitrogen and oxygen atoms in total. The van der Waals surface area contributed by atoms with Gasteiger partial charge in [0.1, 0.15) is 0 Å². The third-order valence-corrected chi connectivity index (χ3v) is 2.23. The molecule has 0 saturated heterocycles. The number of aromatic nitrogens is 2. The van der Waals surface area contributed by atoms with E-state index in [4.69, 9.17) is 4.84 Å². The van der Waals surface area contributed by atoms with Crippen molar-refractivity contribution >= 4 is 11.5 Å². The molecule has 0 spiro atoms. The van der Waals surface area contributed by atoms with E-state index in [0.29, 0.717) is 6.42 Å². The largest absolute Gasteiger partial charge is 0.360 e. The van der Waals surface area contributed by atoms with Gasteiger partial charge in [0, 0.05) is 20.5 Å². The van der Waals surface area contributed by atoms with Gasteiger partial charge in [-0.1, -0.05) is 23.4 Å². The van der Waals surface area contributed by atoms with Crippen molar-refractivity contribution in [2.75, 3.05) is 19.0 Å². The second-order valence-electron chi connectivity index (χ2n) is 3.88. The van der Waals surface area contributed by atoms with E-state index < -0.39 is 5.82 Å². The number of hydrogen-bond acceptors (Lipinski definition) is 5. The molecule has 0 bridgehead atoms. The number of rotatable bonds is 3. The van der Waals surface area contributed by atoms with Crippen LogP contribution in [0.25, 0.3) is 0 Å². The Morgan fingerprint density at radius 2 is 2.22 bits per heavy atom. The van der Waals surface area contributed by atoms with Crippen molar-refractivity contribution in [1.82, 2.24) is 9.97 Å². The van der Waals surface area contributed by atoms with Crippen molar-refractivity contribution in [3.05, 3.63) is 36.3 Å². The highest BCUT2D eigenvalue weighted by atomic mass is 19.1. The topological polar surface area (TPSA) is 50.6 Å². The van der Waals surface area contributed by atoms with Gasteiger partial charge in [0.2, 0.25) is 0 Å². The fourth-order valence-electron chi connectivity index (χ4n) is 1.37. The molecule has 1 heterocycles. The van der Waals surface area contributed by atoms with Crippen molar-refractivity contribution in [2.24, 2.45) is 5.16 Å². The lowest BCUT2D eigenvalue weighted by Gasteiger charge is -2.11. The Bertz CT molecular complexity index is 523. The predicted octanol–water partition coefficient (Wildman–Crippen LogP) is 1.93. The fraction of sp³-hybridized carbons (Fsp3) is 0.250. The van der Waals surface area contributed by atoms with Gasteiger partial charge in [-0.2, -0.15) is 9.97 Å². The first-order valence-corrected chi connectivity index (χ1v) is 5.44. The van der Waals surface area contributed by atoms with Crippen LogP contribution in [0.3, 0.4) is 0 Å². The minimum Gasteiger partial charge on any atom is -0.360 e. The second kappa shape index (κ2) is 5.39. The standard InChI is InChI=1S/C12H13FN4O/c1-17(2)11-10(13)8-14-12(15-11)18-16-9-6-4-3-5-7-9/h3-6,8H,7H2,1-2H3. The van der Waals surface area contributed by atoms with Crippen LogP contribution >= 0.6 is 0 Å². The Kier molecular flexibility index (Phi) is 3.66. The van der Waals surface area contributed by atoms with Crippen LogP contribution in [0.1, 0.15) is 6.42 Å². The van der Waals surface area contributed by atoms with Crippen LogP contribution in [-0.2, 0) is 0 Å². The summed E-state index contributed by atoms with van der Waals surface area (Å²) in [6.07, 6.45) is 9.34. The van der Waals surface area contributed by atoms with Crippen LogP contribution in [0.15, 0.2) is 35.7 Å². The molecule has 0 saturated carbocycles. The zero-order valence-electron chi connectivity index (χ0n) is 10.2. The number of hydrogen-bond donors (Lipinski definition) is 0. The molecule has 2 rings (SSSR count). The predicted molar refractivity (Wildman–Crippen MR) is 67.3 cm³/mol. The summed E-state index contributed by atoms with van der Waals surface area (Å²) >= 11 is 0. The first kappa shape index (κ1) is 12.2. The Hall–Kier alpha value is -2.24. The molecule has 1 aromatic rings. The lowest BCUT2D eigenvalue weighted by Crippen LogP contribution is -2.13. The maximum atomic E-state index is 13.3. The van der Waals surface area contributed by atoms with Gasteiger partial charge in [-0.25, -0.2) is 4.39 Å². The maximum absolute atomic E-state index is 13.3. The first-order valence-electron chi connectivity index (χ1n) is 5.44. The zero-order valence-corrected chi connectivity index (χ0v) is 10.2. The van der Waals surface area contributed by atoms with Gasteiger partial charge in [-0.3, -0.25) is 0 Å². The van der Waals surface area contributed by atoms with Gasteiger partial charge in [0.25, 0.3) is 0 Å². The van der Waals surface area contributed by atoms with E-state index in [-0.39, 0.29) is 11.8 Å². The molecule has 1 aliphatic carbocycles. The van der Waals surface area contributed by atoms with Crippen molar-refractivity contribution < 1.29 is 9.23 Å². The highest BCUT2D eigenvalue weighted by molar-refractivity contribution is 5.96. The number of halogens is 1. The highest BCUT2D eigenvalue weighted by Crippen LogP contribution is 2.15. The van der Waals surface area contributed by atoms with Crippen LogP contribution in [0.5, 0.6) is 6.01 Å². The van der Waals surface area contributed by atoms with E-state index >= 15 is 0 Å². The summed E-state index contributed by atoms with van der Waals surface area (Å²) in [5, 5.41) is 3.90. The minimum atomic E-state index is -0.500. The summed E-state index contributed by atoms with van der Waals surface area (Å²) in [5.41, 5.74) is 0.761. The van der Waals surface area contributed by atoms with Crippen LogP contribution in [0.4, 0.5) is 10.2 Å². The SMILES string of the molecule is CN(C)c1nc(ON=C2C=CC=CC2)ncc1F. The monoisotopic (exact) mass is 248 g/mol. The van der Waals surface area contributed by atoms with Gasteiger partial charge < -0.3 is 9.74 Å². The van der Waals surface area contributed by atoms with Crippen LogP contribution in [0, 0.1) is 5.82 Å². The Morgan fingerprint density at radius 3 is 2.89 bits per heavy atom. The molecule has 0 fully saturated rings. The van der Waals surface area contributed by atoms with Crippen molar-refractivity contribution in [3.8, 4) is 6.01 Å². The van der Waals surface area contributed by atoms with E-state index in [1.165, 1.54) is 0 Å². The molecule has 0 N–H and O–H groups in total. The van der Waals surface area contributed by atoms with E-state index in [1.807, 2.05) is 24.3 Å². The summed E-state index contributed by atoms with van der Waals surface area (Å²) in [6.45, 7) is 0. The lowest BCUT2D eigenvalue weighted by molar-refractivity contribution is 0.311. The normalized spacial score (nSPS) is 16.1. The molecule has 0 aliphatic heterocycles. The highest BCUT2D eigenvalue weighted by Gasteiger charge is 2.09. The molecule has 0 unspecified atom stereocenters. The van der Waals surface area contributed by atoms with Crippen LogP contribution in [0.2, 0.25) is 0 Å². The first-order chi connectivity index (χ1) is 8.66. The molecule has 0 atom stereocenters. The van der Waals surface area contributed by atoms with Gasteiger partial charge in [-0.05, 0) is 6.08 Å². The van der Waals surface area contributed by atoms with E-state index in [1.54, 1.807) is 19.0 Å². The fourth-order valence-corrected chi connectivity index (χ4v) is 1.37. The second-order valence-corrected chi connectivity index (χ2v) is 3.88. The summed E-state index contributed by atoms with van der Waals surface area (Å²) in [4.78, 5) is 14.3. The van der Waals surface area contributed by atoms with Gasteiger partial charge >= 0.3 is 6.01 Å². The van der Waals surface area contributed by atoms with Gasteiger partial charge in [0.15, 0.2) is 11.6 Å². The molecule has 0 radical (unpaired) electrons. The molecule has 94 valence electrons. The van der Waals surface area contributed by atoms with Crippen LogP contribution in [-0.4, -0.2) is 29.8 Å². The Labute approximate surface area is 104 Å². The molecule has 1 aliphatic rings. The van der Waals surface area contributed by atoms with E-state index in [2.05, 4.69) is 15.1 Å². The third kappa shape index (κ3) is 2.91. The lowest BCUT2D eigenvalue weighted by atomic mass is 10.2. The number of anilines is 1. The van der Waals surface area contributed by atoms with Gasteiger partial charge in [-0.15, -0.1) is 0 Å². The van der Waals surface area contributed by atoms with E-state index in [9.17, 15) is 4.39 Å². The van der Waals surface area contributed by atoms with Crippen LogP contribution < -0.4 is 9.74 Å². The zero-order chi connectivity index (χ0) is 13.0. The summed E-state index contributed by atoms with van der Waals surface area (Å²) in [5.74, 6) is -0.334. The molecular weight excluding hydrogens is 235 g/mol. The molecule has 0 amide bonds. The quantitative estimate of drug-likeness (QED) is 0.767. The average Bonchev–Trinajstić information content (AvgIpc) is 2.38. The molecule has 18 heavy (non-hydrogen) atoms. The Morgan fingerprint density at radius 1 is 1.39 bits per heavy atom. The number of nitrogens with zero attached hydrogens (tertiary/aromatic N) is 4. The average molecular weight is 248 g/mol. The van der Waals surface area contributed by atoms with Crippen molar-refractivity contribution in [2.45, 2.75) is 6.42 Å². The molecule has 6 heteroatoms. The molecular formula is C12H13FN4O. The van der Waals surface area contributed by atoms with Crippen molar-refractivity contribution in [1.29, 1.82) is 0 Å². The van der Waals surface area contributed by atoms with E-state index in [0.717, 1.165) is 11.9 Å². The summed E-state index contributed by atoms with van der Waals surface area (Å²) in [6, 6.07) is 0.0237. The van der Waals surface area contributed by atoms with Gasteiger partial charge in [0.05, 0.1) is 11.9 Å². The molecule has 0 aromatic carbocycles. The minimum absolute atomic E-state index is 0.0237. The summed E-state index contributed by atoms with van der Waals surface area (Å²) < 4.78 is 13.3. The maximum Gasteiger partial charge on any atom is 0.347 e. The van der Waals surface area contributed by atoms with Crippen molar-refractivity contribution in [3.63, 3.8) is 0 Å². The Balaban J connectivity index is 2.12. The molecule has 1 aromatic heterocycles.